The number of hydrogen-bond donors (Lipinski definition) is 1. The number of fused-ring (bicyclic) bond motifs is 1. The van der Waals surface area contributed by atoms with E-state index in [1.165, 1.54) is 0 Å². The van der Waals surface area contributed by atoms with Crippen molar-refractivity contribution in [2.75, 3.05) is 5.94 Å². The summed E-state index contributed by atoms with van der Waals surface area (Å²) in [4.78, 5) is 12.2. The molecule has 0 amide bonds. The zero-order valence-corrected chi connectivity index (χ0v) is 8.84. The molecule has 2 aliphatic rings. The van der Waals surface area contributed by atoms with Crippen LogP contribution in [0.25, 0.3) is 0 Å². The molecule has 1 N–H and O–H groups in total. The number of rotatable bonds is 2. The monoisotopic (exact) mass is 222 g/mol. The van der Waals surface area contributed by atoms with Crippen LogP contribution in [0.5, 0.6) is 5.75 Å². The molecule has 0 saturated heterocycles. The molecule has 1 saturated carbocycles. The van der Waals surface area contributed by atoms with Gasteiger partial charge in [-0.05, 0) is 30.5 Å². The highest BCUT2D eigenvalue weighted by molar-refractivity contribution is 7.99. The molecule has 78 valence electrons. The third-order valence-corrected chi connectivity index (χ3v) is 3.97. The first-order valence-corrected chi connectivity index (χ1v) is 5.84. The molecular formula is C11H10O3S. The fourth-order valence-corrected chi connectivity index (χ4v) is 2.68. The highest BCUT2D eigenvalue weighted by Gasteiger charge is 2.52. The van der Waals surface area contributed by atoms with Gasteiger partial charge in [0, 0.05) is 0 Å². The van der Waals surface area contributed by atoms with Gasteiger partial charge in [-0.25, -0.2) is 0 Å². The zero-order valence-electron chi connectivity index (χ0n) is 8.03. The highest BCUT2D eigenvalue weighted by Crippen LogP contribution is 2.50. The molecule has 0 aromatic heterocycles. The van der Waals surface area contributed by atoms with E-state index in [1.807, 2.05) is 18.2 Å². The number of hydrogen-bond acceptors (Lipinski definition) is 3. The van der Waals surface area contributed by atoms with Crippen LogP contribution in [0.4, 0.5) is 0 Å². The van der Waals surface area contributed by atoms with Gasteiger partial charge in [-0.2, -0.15) is 0 Å². The number of thioether (sulfide) groups is 1. The quantitative estimate of drug-likeness (QED) is 0.833. The van der Waals surface area contributed by atoms with Crippen LogP contribution in [0.1, 0.15) is 18.4 Å². The van der Waals surface area contributed by atoms with Gasteiger partial charge in [0.25, 0.3) is 0 Å². The van der Waals surface area contributed by atoms with Crippen LogP contribution >= 0.6 is 11.8 Å². The lowest BCUT2D eigenvalue weighted by molar-refractivity contribution is -0.140. The summed E-state index contributed by atoms with van der Waals surface area (Å²) in [5.41, 5.74) is 0.266. The van der Waals surface area contributed by atoms with Crippen molar-refractivity contribution < 1.29 is 14.6 Å². The number of carbonyl (C=O) groups is 1. The lowest BCUT2D eigenvalue weighted by Gasteiger charge is -2.10. The molecule has 15 heavy (non-hydrogen) atoms. The van der Waals surface area contributed by atoms with Gasteiger partial charge in [-0.3, -0.25) is 4.79 Å². The molecule has 0 unspecified atom stereocenters. The van der Waals surface area contributed by atoms with E-state index in [0.29, 0.717) is 5.94 Å². The van der Waals surface area contributed by atoms with Crippen molar-refractivity contribution in [3.8, 4) is 5.75 Å². The zero-order chi connectivity index (χ0) is 10.5. The van der Waals surface area contributed by atoms with E-state index >= 15 is 0 Å². The topological polar surface area (TPSA) is 46.5 Å². The van der Waals surface area contributed by atoms with E-state index < -0.39 is 11.4 Å². The van der Waals surface area contributed by atoms with E-state index in [4.69, 9.17) is 9.84 Å². The molecule has 4 heteroatoms. The summed E-state index contributed by atoms with van der Waals surface area (Å²) in [5.74, 6) is 0.761. The second-order valence-corrected chi connectivity index (χ2v) is 4.92. The van der Waals surface area contributed by atoms with Crippen LogP contribution in [0, 0.1) is 0 Å². The first-order chi connectivity index (χ1) is 7.22. The summed E-state index contributed by atoms with van der Waals surface area (Å²) in [5, 5.41) is 9.16. The number of benzene rings is 1. The van der Waals surface area contributed by atoms with E-state index in [-0.39, 0.29) is 0 Å². The normalized spacial score (nSPS) is 20.5. The van der Waals surface area contributed by atoms with E-state index in [9.17, 15) is 4.79 Å². The molecule has 0 bridgehead atoms. The van der Waals surface area contributed by atoms with Gasteiger partial charge in [0.15, 0.2) is 0 Å². The molecule has 1 fully saturated rings. The van der Waals surface area contributed by atoms with Crippen LogP contribution in [-0.4, -0.2) is 17.0 Å². The second-order valence-electron chi connectivity index (χ2n) is 3.96. The van der Waals surface area contributed by atoms with Crippen LogP contribution < -0.4 is 4.74 Å². The van der Waals surface area contributed by atoms with Gasteiger partial charge in [-0.1, -0.05) is 17.8 Å². The fourth-order valence-electron chi connectivity index (χ4n) is 1.95. The molecule has 3 nitrogen and oxygen atoms in total. The van der Waals surface area contributed by atoms with Crippen LogP contribution in [0.15, 0.2) is 23.1 Å². The molecule has 0 atom stereocenters. The van der Waals surface area contributed by atoms with Crippen molar-refractivity contribution in [2.45, 2.75) is 23.2 Å². The molecule has 0 spiro atoms. The van der Waals surface area contributed by atoms with Crippen molar-refractivity contribution in [1.29, 1.82) is 0 Å². The van der Waals surface area contributed by atoms with Crippen LogP contribution in [0.2, 0.25) is 0 Å². The van der Waals surface area contributed by atoms with Gasteiger partial charge in [0.1, 0.15) is 11.7 Å². The number of carboxylic acid groups (broad SMARTS) is 1. The molecule has 1 aliphatic heterocycles. The minimum Gasteiger partial charge on any atom is -0.481 e. The van der Waals surface area contributed by atoms with E-state index in [0.717, 1.165) is 29.1 Å². The maximum absolute atomic E-state index is 11.1. The standard InChI is InChI=1S/C11H10O3S/c12-10(13)11(3-4-11)7-1-2-9-8(5-7)14-6-15-9/h1-2,5H,3-4,6H2,(H,12,13). The number of carboxylic acids is 1. The molecule has 1 aliphatic carbocycles. The summed E-state index contributed by atoms with van der Waals surface area (Å²) < 4.78 is 5.41. The van der Waals surface area contributed by atoms with Crippen LogP contribution in [-0.2, 0) is 10.2 Å². The molecule has 1 aromatic rings. The minimum atomic E-state index is -0.715. The van der Waals surface area contributed by atoms with Crippen LogP contribution in [0.3, 0.4) is 0 Å². The third kappa shape index (κ3) is 1.24. The summed E-state index contributed by atoms with van der Waals surface area (Å²) in [7, 11) is 0. The maximum Gasteiger partial charge on any atom is 0.314 e. The molecule has 1 heterocycles. The lowest BCUT2D eigenvalue weighted by atomic mass is 9.96. The van der Waals surface area contributed by atoms with Crippen molar-refractivity contribution >= 4 is 17.7 Å². The largest absolute Gasteiger partial charge is 0.481 e. The smallest absolute Gasteiger partial charge is 0.314 e. The van der Waals surface area contributed by atoms with Crippen molar-refractivity contribution in [2.24, 2.45) is 0 Å². The first kappa shape index (κ1) is 9.09. The van der Waals surface area contributed by atoms with Crippen molar-refractivity contribution in [3.63, 3.8) is 0 Å². The first-order valence-electron chi connectivity index (χ1n) is 4.86. The summed E-state index contributed by atoms with van der Waals surface area (Å²) in [6, 6.07) is 5.77. The van der Waals surface area contributed by atoms with Crippen molar-refractivity contribution in [3.05, 3.63) is 23.8 Å². The minimum absolute atomic E-state index is 0.619. The van der Waals surface area contributed by atoms with Gasteiger partial charge in [-0.15, -0.1) is 0 Å². The fraction of sp³-hybridized carbons (Fsp3) is 0.364. The average Bonchev–Trinajstić information content (AvgIpc) is 2.91. The van der Waals surface area contributed by atoms with Crippen molar-refractivity contribution in [1.82, 2.24) is 0 Å². The Morgan fingerprint density at radius 2 is 2.27 bits per heavy atom. The highest BCUT2D eigenvalue weighted by atomic mass is 32.2. The molecular weight excluding hydrogens is 212 g/mol. The SMILES string of the molecule is O=C(O)C1(c2ccc3c(c2)OCS3)CC1. The Balaban J connectivity index is 2.03. The third-order valence-electron chi connectivity index (χ3n) is 3.08. The Bertz CT molecular complexity index is 437. The molecule has 0 radical (unpaired) electrons. The predicted molar refractivity (Wildman–Crippen MR) is 56.3 cm³/mol. The van der Waals surface area contributed by atoms with Gasteiger partial charge < -0.3 is 9.84 Å². The number of ether oxygens (including phenoxy) is 1. The number of aliphatic carboxylic acids is 1. The Morgan fingerprint density at radius 1 is 1.47 bits per heavy atom. The summed E-state index contributed by atoms with van der Waals surface area (Å²) >= 11 is 1.65. The lowest BCUT2D eigenvalue weighted by Crippen LogP contribution is -2.19. The average molecular weight is 222 g/mol. The molecule has 3 rings (SSSR count). The Hall–Kier alpha value is -1.16. The predicted octanol–water partition coefficient (Wildman–Crippen LogP) is 2.24. The molecule has 1 aromatic carbocycles. The maximum atomic E-state index is 11.1. The Morgan fingerprint density at radius 3 is 2.93 bits per heavy atom. The Labute approximate surface area is 91.4 Å². The summed E-state index contributed by atoms with van der Waals surface area (Å²) in [6.45, 7) is 0. The Kier molecular flexibility index (Phi) is 1.77. The second kappa shape index (κ2) is 2.92. The van der Waals surface area contributed by atoms with Gasteiger partial charge >= 0.3 is 5.97 Å². The van der Waals surface area contributed by atoms with Gasteiger partial charge in [0.05, 0.1) is 10.3 Å². The van der Waals surface area contributed by atoms with E-state index in [1.54, 1.807) is 11.8 Å². The van der Waals surface area contributed by atoms with Gasteiger partial charge in [0.2, 0.25) is 0 Å². The van der Waals surface area contributed by atoms with E-state index in [2.05, 4.69) is 0 Å². The summed E-state index contributed by atoms with van der Waals surface area (Å²) in [6.07, 6.45) is 1.49.